The molecule has 0 unspecified atom stereocenters. The van der Waals surface area contributed by atoms with Crippen molar-refractivity contribution in [2.45, 2.75) is 50.1 Å². The van der Waals surface area contributed by atoms with E-state index in [1.165, 1.54) is 12.0 Å². The second-order valence-corrected chi connectivity index (χ2v) is 8.65. The molecule has 3 aliphatic rings. The van der Waals surface area contributed by atoms with Crippen LogP contribution in [0.3, 0.4) is 0 Å². The SMILES string of the molecule is CN1CCN(CC[C@@H]2CCCCN2C(=O)NC2(c3ccccc3)CC2)CC1. The summed E-state index contributed by atoms with van der Waals surface area (Å²) in [5.74, 6) is 0. The Balaban J connectivity index is 1.34. The summed E-state index contributed by atoms with van der Waals surface area (Å²) in [4.78, 5) is 20.2. The number of benzene rings is 1. The van der Waals surface area contributed by atoms with Crippen molar-refractivity contribution in [1.29, 1.82) is 0 Å². The number of hydrogen-bond donors (Lipinski definition) is 1. The molecule has 3 fully saturated rings. The zero-order valence-electron chi connectivity index (χ0n) is 16.7. The van der Waals surface area contributed by atoms with Crippen LogP contribution >= 0.6 is 0 Å². The highest BCUT2D eigenvalue weighted by molar-refractivity contribution is 5.76. The number of carbonyl (C=O) groups excluding carboxylic acids is 1. The van der Waals surface area contributed by atoms with Gasteiger partial charge < -0.3 is 20.0 Å². The summed E-state index contributed by atoms with van der Waals surface area (Å²) < 4.78 is 0. The summed E-state index contributed by atoms with van der Waals surface area (Å²) in [6.07, 6.45) is 6.76. The number of carbonyl (C=O) groups is 1. The molecule has 2 saturated heterocycles. The van der Waals surface area contributed by atoms with Crippen LogP contribution in [0, 0.1) is 0 Å². The molecule has 1 saturated carbocycles. The van der Waals surface area contributed by atoms with Crippen LogP contribution in [-0.4, -0.2) is 73.1 Å². The highest BCUT2D eigenvalue weighted by Gasteiger charge is 2.46. The average Bonchev–Trinajstić information content (AvgIpc) is 3.49. The molecule has 5 nitrogen and oxygen atoms in total. The van der Waals surface area contributed by atoms with Crippen molar-refractivity contribution in [2.24, 2.45) is 0 Å². The number of amides is 2. The summed E-state index contributed by atoms with van der Waals surface area (Å²) in [6.45, 7) is 6.66. The van der Waals surface area contributed by atoms with Crippen LogP contribution < -0.4 is 5.32 Å². The molecule has 1 aromatic rings. The van der Waals surface area contributed by atoms with E-state index in [1.807, 2.05) is 6.07 Å². The van der Waals surface area contributed by atoms with E-state index in [2.05, 4.69) is 51.3 Å². The van der Waals surface area contributed by atoms with Crippen molar-refractivity contribution in [3.8, 4) is 0 Å². The quantitative estimate of drug-likeness (QED) is 0.866. The molecule has 0 aromatic heterocycles. The molecule has 1 N–H and O–H groups in total. The number of urea groups is 1. The highest BCUT2D eigenvalue weighted by atomic mass is 16.2. The zero-order chi connectivity index (χ0) is 18.7. The maximum atomic E-state index is 13.1. The van der Waals surface area contributed by atoms with Gasteiger partial charge in [0.05, 0.1) is 5.54 Å². The number of piperidine rings is 1. The third-order valence-corrected chi connectivity index (χ3v) is 6.69. The maximum Gasteiger partial charge on any atom is 0.318 e. The van der Waals surface area contributed by atoms with Gasteiger partial charge in [0.25, 0.3) is 0 Å². The Hall–Kier alpha value is -1.59. The number of likely N-dealkylation sites (N-methyl/N-ethyl adjacent to an activating group) is 1. The molecule has 1 aromatic carbocycles. The first-order valence-corrected chi connectivity index (χ1v) is 10.7. The van der Waals surface area contributed by atoms with Crippen molar-refractivity contribution in [3.05, 3.63) is 35.9 Å². The van der Waals surface area contributed by atoms with Gasteiger partial charge in [0.2, 0.25) is 0 Å². The Bertz CT molecular complexity index is 622. The Morgan fingerprint density at radius 2 is 1.81 bits per heavy atom. The predicted molar refractivity (Wildman–Crippen MR) is 109 cm³/mol. The van der Waals surface area contributed by atoms with Crippen LogP contribution in [0.15, 0.2) is 30.3 Å². The van der Waals surface area contributed by atoms with E-state index >= 15 is 0 Å². The predicted octanol–water partition coefficient (Wildman–Crippen LogP) is 2.88. The minimum absolute atomic E-state index is 0.113. The summed E-state index contributed by atoms with van der Waals surface area (Å²) in [7, 11) is 2.20. The van der Waals surface area contributed by atoms with Gasteiger partial charge in [0.1, 0.15) is 0 Å². The lowest BCUT2D eigenvalue weighted by Crippen LogP contribution is -2.52. The molecule has 1 aliphatic carbocycles. The summed E-state index contributed by atoms with van der Waals surface area (Å²) in [5.41, 5.74) is 1.14. The van der Waals surface area contributed by atoms with Crippen molar-refractivity contribution in [1.82, 2.24) is 20.0 Å². The molecule has 1 atom stereocenters. The minimum atomic E-state index is -0.113. The third kappa shape index (κ3) is 4.46. The Labute approximate surface area is 163 Å². The summed E-state index contributed by atoms with van der Waals surface area (Å²) in [6, 6.07) is 11.0. The molecular formula is C22H34N4O. The van der Waals surface area contributed by atoms with Gasteiger partial charge in [-0.3, -0.25) is 0 Å². The van der Waals surface area contributed by atoms with E-state index in [-0.39, 0.29) is 11.6 Å². The third-order valence-electron chi connectivity index (χ3n) is 6.69. The Morgan fingerprint density at radius 1 is 1.07 bits per heavy atom. The molecule has 2 aliphatic heterocycles. The number of piperazine rings is 1. The molecule has 2 heterocycles. The fourth-order valence-corrected chi connectivity index (χ4v) is 4.62. The lowest BCUT2D eigenvalue weighted by atomic mass is 9.99. The van der Waals surface area contributed by atoms with Gasteiger partial charge in [-0.15, -0.1) is 0 Å². The standard InChI is InChI=1S/C22H34N4O/c1-24-15-17-25(18-16-24)14-10-20-9-5-6-13-26(20)21(27)23-22(11-12-22)19-7-3-2-4-8-19/h2-4,7-8,20H,5-6,9-18H2,1H3,(H,23,27)/t20-/m0/s1. The molecule has 5 heteroatoms. The lowest BCUT2D eigenvalue weighted by Gasteiger charge is -2.39. The second kappa shape index (κ2) is 8.19. The van der Waals surface area contributed by atoms with Gasteiger partial charge in [-0.25, -0.2) is 4.79 Å². The molecule has 0 spiro atoms. The molecule has 148 valence electrons. The Kier molecular flexibility index (Phi) is 5.69. The van der Waals surface area contributed by atoms with Crippen LogP contribution in [-0.2, 0) is 5.54 Å². The van der Waals surface area contributed by atoms with Crippen LogP contribution in [0.5, 0.6) is 0 Å². The summed E-state index contributed by atoms with van der Waals surface area (Å²) in [5, 5.41) is 3.39. The molecule has 4 rings (SSSR count). The topological polar surface area (TPSA) is 38.8 Å². The van der Waals surface area contributed by atoms with E-state index < -0.39 is 0 Å². The molecule has 2 amide bonds. The average molecular weight is 371 g/mol. The van der Waals surface area contributed by atoms with Gasteiger partial charge >= 0.3 is 6.03 Å². The normalized spacial score (nSPS) is 26.0. The van der Waals surface area contributed by atoms with Crippen molar-refractivity contribution < 1.29 is 4.79 Å². The molecule has 0 bridgehead atoms. The number of nitrogens with one attached hydrogen (secondary N) is 1. The Morgan fingerprint density at radius 3 is 2.52 bits per heavy atom. The van der Waals surface area contributed by atoms with Crippen molar-refractivity contribution >= 4 is 6.03 Å². The van der Waals surface area contributed by atoms with Gasteiger partial charge in [0.15, 0.2) is 0 Å². The van der Waals surface area contributed by atoms with Crippen LogP contribution in [0.2, 0.25) is 0 Å². The van der Waals surface area contributed by atoms with Crippen molar-refractivity contribution in [3.63, 3.8) is 0 Å². The van der Waals surface area contributed by atoms with E-state index in [4.69, 9.17) is 0 Å². The summed E-state index contributed by atoms with van der Waals surface area (Å²) >= 11 is 0. The minimum Gasteiger partial charge on any atom is -0.328 e. The van der Waals surface area contributed by atoms with Gasteiger partial charge in [0, 0.05) is 45.3 Å². The van der Waals surface area contributed by atoms with E-state index in [0.29, 0.717) is 6.04 Å². The first-order valence-electron chi connectivity index (χ1n) is 10.7. The smallest absolute Gasteiger partial charge is 0.318 e. The lowest BCUT2D eigenvalue weighted by molar-refractivity contribution is 0.115. The van der Waals surface area contributed by atoms with Gasteiger partial charge in [-0.2, -0.15) is 0 Å². The molecular weight excluding hydrogens is 336 g/mol. The van der Waals surface area contributed by atoms with Crippen molar-refractivity contribution in [2.75, 3.05) is 46.3 Å². The van der Waals surface area contributed by atoms with Gasteiger partial charge in [-0.05, 0) is 51.1 Å². The highest BCUT2D eigenvalue weighted by Crippen LogP contribution is 2.45. The number of nitrogens with zero attached hydrogens (tertiary/aromatic N) is 3. The van der Waals surface area contributed by atoms with E-state index in [9.17, 15) is 4.79 Å². The van der Waals surface area contributed by atoms with E-state index in [1.54, 1.807) is 0 Å². The number of likely N-dealkylation sites (tertiary alicyclic amines) is 1. The largest absolute Gasteiger partial charge is 0.328 e. The maximum absolute atomic E-state index is 13.1. The fourth-order valence-electron chi connectivity index (χ4n) is 4.62. The molecule has 0 radical (unpaired) electrons. The van der Waals surface area contributed by atoms with E-state index in [0.717, 1.165) is 71.4 Å². The first-order chi connectivity index (χ1) is 13.2. The second-order valence-electron chi connectivity index (χ2n) is 8.65. The van der Waals surface area contributed by atoms with Crippen LogP contribution in [0.1, 0.15) is 44.1 Å². The fraction of sp³-hybridized carbons (Fsp3) is 0.682. The van der Waals surface area contributed by atoms with Crippen LogP contribution in [0.4, 0.5) is 4.79 Å². The monoisotopic (exact) mass is 370 g/mol. The zero-order valence-corrected chi connectivity index (χ0v) is 16.7. The van der Waals surface area contributed by atoms with Gasteiger partial charge in [-0.1, -0.05) is 30.3 Å². The molecule has 27 heavy (non-hydrogen) atoms. The van der Waals surface area contributed by atoms with Crippen LogP contribution in [0.25, 0.3) is 0 Å². The number of rotatable bonds is 5. The first kappa shape index (κ1) is 18.8. The number of hydrogen-bond acceptors (Lipinski definition) is 3.